The van der Waals surface area contributed by atoms with Crippen LogP contribution in [-0.4, -0.2) is 68.5 Å². The van der Waals surface area contributed by atoms with Gasteiger partial charge < -0.3 is 23.8 Å². The summed E-state index contributed by atoms with van der Waals surface area (Å²) in [4.78, 5) is 9.18. The summed E-state index contributed by atoms with van der Waals surface area (Å²) in [5.41, 5.74) is 1.18. The molecule has 2 saturated heterocycles. The Morgan fingerprint density at radius 1 is 1.08 bits per heavy atom. The fourth-order valence-corrected chi connectivity index (χ4v) is 3.00. The standard InChI is InChI=1S/C17H28BN3O3/c1-16(2)17(3,4)24-18(23-16)14-11-13(12-19-15(14)22-6)21-9-7-20(5)8-10-21/h11-12H,7-10H2,1-6H3. The van der Waals surface area contributed by atoms with Crippen LogP contribution in [0.2, 0.25) is 0 Å². The molecule has 0 aromatic carbocycles. The fraction of sp³-hybridized carbons (Fsp3) is 0.706. The predicted octanol–water partition coefficient (Wildman–Crippen LogP) is 1.14. The summed E-state index contributed by atoms with van der Waals surface area (Å²) in [6.07, 6.45) is 1.87. The van der Waals surface area contributed by atoms with Crippen molar-refractivity contribution in [3.05, 3.63) is 12.3 Å². The third-order valence-electron chi connectivity index (χ3n) is 5.43. The van der Waals surface area contributed by atoms with Crippen molar-refractivity contribution < 1.29 is 14.0 Å². The van der Waals surface area contributed by atoms with Crippen molar-refractivity contribution in [1.82, 2.24) is 9.88 Å². The number of anilines is 1. The summed E-state index contributed by atoms with van der Waals surface area (Å²) >= 11 is 0. The zero-order valence-electron chi connectivity index (χ0n) is 15.6. The number of pyridine rings is 1. The maximum Gasteiger partial charge on any atom is 0.500 e. The zero-order chi connectivity index (χ0) is 17.5. The highest BCUT2D eigenvalue weighted by Crippen LogP contribution is 2.37. The molecule has 0 aliphatic carbocycles. The van der Waals surface area contributed by atoms with Crippen molar-refractivity contribution in [2.24, 2.45) is 0 Å². The van der Waals surface area contributed by atoms with Gasteiger partial charge in [-0.05, 0) is 40.8 Å². The summed E-state index contributed by atoms with van der Waals surface area (Å²) < 4.78 is 17.8. The van der Waals surface area contributed by atoms with Gasteiger partial charge in [0.05, 0.1) is 30.2 Å². The zero-order valence-corrected chi connectivity index (χ0v) is 15.6. The van der Waals surface area contributed by atoms with E-state index >= 15 is 0 Å². The van der Waals surface area contributed by atoms with Crippen molar-refractivity contribution in [2.45, 2.75) is 38.9 Å². The van der Waals surface area contributed by atoms with Crippen LogP contribution < -0.4 is 15.1 Å². The lowest BCUT2D eigenvalue weighted by molar-refractivity contribution is 0.00578. The van der Waals surface area contributed by atoms with Gasteiger partial charge in [0.15, 0.2) is 0 Å². The van der Waals surface area contributed by atoms with Crippen LogP contribution in [0.4, 0.5) is 5.69 Å². The Bertz CT molecular complexity index is 585. The van der Waals surface area contributed by atoms with E-state index in [4.69, 9.17) is 14.0 Å². The van der Waals surface area contributed by atoms with Crippen molar-refractivity contribution >= 4 is 18.3 Å². The average Bonchev–Trinajstić information content (AvgIpc) is 2.75. The number of piperazine rings is 1. The Labute approximate surface area is 145 Å². The van der Waals surface area contributed by atoms with Crippen molar-refractivity contribution in [1.29, 1.82) is 0 Å². The van der Waals surface area contributed by atoms with Crippen LogP contribution in [0.25, 0.3) is 0 Å². The van der Waals surface area contributed by atoms with E-state index in [0.717, 1.165) is 37.3 Å². The molecular formula is C17H28BN3O3. The number of hydrogen-bond donors (Lipinski definition) is 0. The molecule has 0 N–H and O–H groups in total. The highest BCUT2D eigenvalue weighted by molar-refractivity contribution is 6.63. The second-order valence-corrected chi connectivity index (χ2v) is 7.67. The summed E-state index contributed by atoms with van der Waals surface area (Å²) in [6.45, 7) is 12.3. The highest BCUT2D eigenvalue weighted by Gasteiger charge is 2.52. The van der Waals surface area contributed by atoms with Crippen LogP contribution >= 0.6 is 0 Å². The van der Waals surface area contributed by atoms with E-state index in [0.29, 0.717) is 5.88 Å². The van der Waals surface area contributed by atoms with Gasteiger partial charge in [-0.15, -0.1) is 0 Å². The lowest BCUT2D eigenvalue weighted by Crippen LogP contribution is -2.45. The van der Waals surface area contributed by atoms with Gasteiger partial charge in [-0.3, -0.25) is 0 Å². The van der Waals surface area contributed by atoms with Crippen molar-refractivity contribution in [3.63, 3.8) is 0 Å². The van der Waals surface area contributed by atoms with Crippen LogP contribution in [0.1, 0.15) is 27.7 Å². The van der Waals surface area contributed by atoms with E-state index < -0.39 is 7.12 Å². The Kier molecular flexibility index (Phi) is 4.53. The number of hydrogen-bond acceptors (Lipinski definition) is 6. The second-order valence-electron chi connectivity index (χ2n) is 7.67. The number of likely N-dealkylation sites (N-methyl/N-ethyl adjacent to an activating group) is 1. The highest BCUT2D eigenvalue weighted by atomic mass is 16.7. The average molecular weight is 333 g/mol. The molecule has 0 atom stereocenters. The van der Waals surface area contributed by atoms with Gasteiger partial charge in [-0.1, -0.05) is 0 Å². The first-order valence-electron chi connectivity index (χ1n) is 8.56. The molecule has 3 heterocycles. The van der Waals surface area contributed by atoms with E-state index in [1.54, 1.807) is 7.11 Å². The predicted molar refractivity (Wildman–Crippen MR) is 96.2 cm³/mol. The van der Waals surface area contributed by atoms with E-state index in [9.17, 15) is 0 Å². The number of methoxy groups -OCH3 is 1. The molecule has 24 heavy (non-hydrogen) atoms. The lowest BCUT2D eigenvalue weighted by atomic mass is 9.79. The van der Waals surface area contributed by atoms with Crippen molar-refractivity contribution in [2.75, 3.05) is 45.2 Å². The Balaban J connectivity index is 1.88. The van der Waals surface area contributed by atoms with Crippen molar-refractivity contribution in [3.8, 4) is 5.88 Å². The Morgan fingerprint density at radius 3 is 2.21 bits per heavy atom. The molecule has 0 unspecified atom stereocenters. The van der Waals surface area contributed by atoms with Crippen LogP contribution in [0.15, 0.2) is 12.3 Å². The molecule has 1 aromatic rings. The molecule has 0 bridgehead atoms. The van der Waals surface area contributed by atoms with Gasteiger partial charge in [-0.2, -0.15) is 0 Å². The van der Waals surface area contributed by atoms with Gasteiger partial charge in [0.25, 0.3) is 0 Å². The number of nitrogens with zero attached hydrogens (tertiary/aromatic N) is 3. The molecule has 0 radical (unpaired) electrons. The van der Waals surface area contributed by atoms with E-state index in [2.05, 4.69) is 55.6 Å². The quantitative estimate of drug-likeness (QED) is 0.773. The first-order valence-corrected chi connectivity index (χ1v) is 8.56. The molecule has 0 amide bonds. The molecule has 6 nitrogen and oxygen atoms in total. The summed E-state index contributed by atoms with van der Waals surface area (Å²) in [7, 11) is 3.32. The third-order valence-corrected chi connectivity index (χ3v) is 5.43. The Morgan fingerprint density at radius 2 is 1.67 bits per heavy atom. The van der Waals surface area contributed by atoms with Crippen LogP contribution in [-0.2, 0) is 9.31 Å². The van der Waals surface area contributed by atoms with Gasteiger partial charge in [0, 0.05) is 31.6 Å². The smallest absolute Gasteiger partial charge is 0.481 e. The molecule has 1 aromatic heterocycles. The van der Waals surface area contributed by atoms with Crippen LogP contribution in [0, 0.1) is 0 Å². The number of aromatic nitrogens is 1. The minimum atomic E-state index is -0.468. The second kappa shape index (κ2) is 6.21. The minimum Gasteiger partial charge on any atom is -0.481 e. The molecule has 2 fully saturated rings. The van der Waals surface area contributed by atoms with E-state index in [-0.39, 0.29) is 11.2 Å². The summed E-state index contributed by atoms with van der Waals surface area (Å²) in [5.74, 6) is 0.561. The fourth-order valence-electron chi connectivity index (χ4n) is 3.00. The molecule has 0 spiro atoms. The van der Waals surface area contributed by atoms with Gasteiger partial charge in [0.2, 0.25) is 5.88 Å². The van der Waals surface area contributed by atoms with Crippen LogP contribution in [0.5, 0.6) is 5.88 Å². The van der Waals surface area contributed by atoms with E-state index in [1.165, 1.54) is 0 Å². The molecule has 2 aliphatic rings. The first kappa shape index (κ1) is 17.5. The summed E-state index contributed by atoms with van der Waals surface area (Å²) in [5, 5.41) is 0. The van der Waals surface area contributed by atoms with Crippen LogP contribution in [0.3, 0.4) is 0 Å². The molecular weight excluding hydrogens is 305 g/mol. The molecule has 132 valence electrons. The Hall–Kier alpha value is -1.31. The number of rotatable bonds is 3. The monoisotopic (exact) mass is 333 g/mol. The third kappa shape index (κ3) is 3.12. The van der Waals surface area contributed by atoms with Gasteiger partial charge in [0.1, 0.15) is 0 Å². The normalized spacial score (nSPS) is 23.6. The minimum absolute atomic E-state index is 0.382. The molecule has 3 rings (SSSR count). The SMILES string of the molecule is COc1ncc(N2CCN(C)CC2)cc1B1OC(C)(C)C(C)(C)O1. The maximum atomic E-state index is 6.18. The molecule has 2 aliphatic heterocycles. The van der Waals surface area contributed by atoms with Gasteiger partial charge in [-0.25, -0.2) is 4.98 Å². The lowest BCUT2D eigenvalue weighted by Gasteiger charge is -2.34. The summed E-state index contributed by atoms with van der Waals surface area (Å²) in [6, 6.07) is 2.10. The first-order chi connectivity index (χ1) is 11.2. The van der Waals surface area contributed by atoms with E-state index in [1.807, 2.05) is 6.20 Å². The number of ether oxygens (including phenoxy) is 1. The van der Waals surface area contributed by atoms with Gasteiger partial charge >= 0.3 is 7.12 Å². The maximum absolute atomic E-state index is 6.18. The topological polar surface area (TPSA) is 47.1 Å². The largest absolute Gasteiger partial charge is 0.500 e. The molecule has 7 heteroatoms. The molecule has 0 saturated carbocycles.